The number of ether oxygens (including phenoxy) is 1. The number of pyridine rings is 1. The van der Waals surface area contributed by atoms with Gasteiger partial charge in [-0.15, -0.1) is 10.2 Å². The van der Waals surface area contributed by atoms with E-state index in [1.807, 2.05) is 48.5 Å². The lowest BCUT2D eigenvalue weighted by Crippen LogP contribution is -2.05. The van der Waals surface area contributed by atoms with Crippen LogP contribution in [-0.2, 0) is 0 Å². The van der Waals surface area contributed by atoms with Crippen LogP contribution < -0.4 is 4.74 Å². The Kier molecular flexibility index (Phi) is 11.4. The Labute approximate surface area is 199 Å². The third kappa shape index (κ3) is 8.91. The molecule has 0 aliphatic carbocycles. The van der Waals surface area contributed by atoms with Gasteiger partial charge in [0.05, 0.1) is 6.61 Å². The lowest BCUT2D eigenvalue weighted by Gasteiger charge is -2.10. The minimum Gasteiger partial charge on any atom is -0.476 e. The van der Waals surface area contributed by atoms with Crippen molar-refractivity contribution in [1.82, 2.24) is 20.2 Å². The molecule has 1 aromatic carbocycles. The summed E-state index contributed by atoms with van der Waals surface area (Å²) in [6.45, 7) is 2.91. The molecule has 0 N–H and O–H groups in total. The fraction of sp³-hybridized carbons (Fsp3) is 0.500. The van der Waals surface area contributed by atoms with E-state index in [-0.39, 0.29) is 0 Å². The molecular formula is C28H38N4O. The van der Waals surface area contributed by atoms with Crippen molar-refractivity contribution in [2.24, 2.45) is 0 Å². The Hall–Kier alpha value is -2.82. The minimum atomic E-state index is 0.486. The zero-order valence-corrected chi connectivity index (χ0v) is 20.1. The fourth-order valence-corrected chi connectivity index (χ4v) is 3.90. The van der Waals surface area contributed by atoms with E-state index in [2.05, 4.69) is 27.1 Å². The normalized spacial score (nSPS) is 10.9. The number of unbranched alkanes of at least 4 members (excludes halogenated alkanes) is 11. The van der Waals surface area contributed by atoms with E-state index in [1.54, 1.807) is 6.20 Å². The van der Waals surface area contributed by atoms with E-state index >= 15 is 0 Å². The van der Waals surface area contributed by atoms with Gasteiger partial charge in [0.15, 0.2) is 5.69 Å². The molecule has 0 radical (unpaired) electrons. The Morgan fingerprint density at radius 3 is 1.94 bits per heavy atom. The third-order valence-corrected chi connectivity index (χ3v) is 5.83. The summed E-state index contributed by atoms with van der Waals surface area (Å²) in [5.41, 5.74) is 2.32. The fourth-order valence-electron chi connectivity index (χ4n) is 3.90. The molecule has 176 valence electrons. The second kappa shape index (κ2) is 15.1. The van der Waals surface area contributed by atoms with E-state index in [9.17, 15) is 0 Å². The van der Waals surface area contributed by atoms with Gasteiger partial charge < -0.3 is 4.74 Å². The Morgan fingerprint density at radius 2 is 1.30 bits per heavy atom. The van der Waals surface area contributed by atoms with Crippen LogP contribution in [0.15, 0.2) is 54.7 Å². The number of benzene rings is 1. The van der Waals surface area contributed by atoms with Crippen molar-refractivity contribution in [2.45, 2.75) is 84.0 Å². The van der Waals surface area contributed by atoms with E-state index in [0.717, 1.165) is 12.0 Å². The van der Waals surface area contributed by atoms with E-state index in [0.29, 0.717) is 29.7 Å². The maximum atomic E-state index is 6.10. The van der Waals surface area contributed by atoms with Crippen LogP contribution in [0.25, 0.3) is 22.8 Å². The van der Waals surface area contributed by atoms with Crippen LogP contribution in [0.3, 0.4) is 0 Å². The topological polar surface area (TPSA) is 60.8 Å². The molecule has 0 saturated heterocycles. The molecule has 0 bridgehead atoms. The minimum absolute atomic E-state index is 0.486. The van der Waals surface area contributed by atoms with E-state index in [4.69, 9.17) is 4.74 Å². The molecule has 5 nitrogen and oxygen atoms in total. The summed E-state index contributed by atoms with van der Waals surface area (Å²) in [5, 5.41) is 8.72. The van der Waals surface area contributed by atoms with Crippen molar-refractivity contribution >= 4 is 0 Å². The molecule has 2 heterocycles. The van der Waals surface area contributed by atoms with E-state index in [1.165, 1.54) is 70.6 Å². The molecular weight excluding hydrogens is 408 g/mol. The molecule has 0 aliphatic rings. The first kappa shape index (κ1) is 24.8. The monoisotopic (exact) mass is 446 g/mol. The van der Waals surface area contributed by atoms with Gasteiger partial charge in [0.25, 0.3) is 0 Å². The highest BCUT2D eigenvalue weighted by molar-refractivity contribution is 5.65. The Bertz CT molecular complexity index is 902. The quantitative estimate of drug-likeness (QED) is 0.211. The largest absolute Gasteiger partial charge is 0.476 e. The molecule has 5 heteroatoms. The van der Waals surface area contributed by atoms with Crippen molar-refractivity contribution in [3.05, 3.63) is 54.7 Å². The highest BCUT2D eigenvalue weighted by atomic mass is 16.5. The van der Waals surface area contributed by atoms with Crippen molar-refractivity contribution in [1.29, 1.82) is 0 Å². The van der Waals surface area contributed by atoms with Gasteiger partial charge in [0, 0.05) is 11.8 Å². The molecule has 0 amide bonds. The molecule has 0 aliphatic heterocycles. The summed E-state index contributed by atoms with van der Waals surface area (Å²) in [5.74, 6) is 1.01. The summed E-state index contributed by atoms with van der Waals surface area (Å²) >= 11 is 0. The van der Waals surface area contributed by atoms with Crippen molar-refractivity contribution in [3.8, 4) is 28.7 Å². The molecule has 3 rings (SSSR count). The lowest BCUT2D eigenvalue weighted by molar-refractivity contribution is 0.292. The van der Waals surface area contributed by atoms with Crippen molar-refractivity contribution < 1.29 is 4.74 Å². The van der Waals surface area contributed by atoms with Crippen LogP contribution in [0.2, 0.25) is 0 Å². The molecule has 0 spiro atoms. The van der Waals surface area contributed by atoms with Crippen molar-refractivity contribution in [3.63, 3.8) is 0 Å². The molecule has 0 unspecified atom stereocenters. The molecule has 3 aromatic rings. The van der Waals surface area contributed by atoms with Gasteiger partial charge in [-0.05, 0) is 18.6 Å². The first-order chi connectivity index (χ1) is 16.4. The zero-order chi connectivity index (χ0) is 23.0. The second-order valence-electron chi connectivity index (χ2n) is 8.61. The predicted molar refractivity (Wildman–Crippen MR) is 135 cm³/mol. The Balaban J connectivity index is 1.43. The Morgan fingerprint density at radius 1 is 0.667 bits per heavy atom. The smallest absolute Gasteiger partial charge is 0.244 e. The maximum Gasteiger partial charge on any atom is 0.244 e. The summed E-state index contributed by atoms with van der Waals surface area (Å²) in [7, 11) is 0. The van der Waals surface area contributed by atoms with Gasteiger partial charge in [-0.2, -0.15) is 4.98 Å². The average molecular weight is 447 g/mol. The van der Waals surface area contributed by atoms with Gasteiger partial charge in [-0.25, -0.2) is 0 Å². The van der Waals surface area contributed by atoms with Gasteiger partial charge in [0.2, 0.25) is 11.7 Å². The number of rotatable bonds is 16. The van der Waals surface area contributed by atoms with Crippen LogP contribution >= 0.6 is 0 Å². The van der Waals surface area contributed by atoms with Crippen LogP contribution in [0.4, 0.5) is 0 Å². The first-order valence-electron chi connectivity index (χ1n) is 12.7. The molecule has 0 atom stereocenters. The zero-order valence-electron chi connectivity index (χ0n) is 20.1. The van der Waals surface area contributed by atoms with Crippen molar-refractivity contribution in [2.75, 3.05) is 6.61 Å². The van der Waals surface area contributed by atoms with Crippen LogP contribution in [0, 0.1) is 0 Å². The van der Waals surface area contributed by atoms with Crippen LogP contribution in [-0.4, -0.2) is 26.8 Å². The standard InChI is InChI=1S/C28H38N4O/c1-2-3-4-5-6-7-8-9-10-11-12-18-23-33-28-26(24-19-14-13-15-20-24)31-32-27(30-28)25-21-16-17-22-29-25/h13-17,19-22H,2-12,18,23H2,1H3. The van der Waals surface area contributed by atoms with Crippen LogP contribution in [0.1, 0.15) is 84.0 Å². The molecule has 33 heavy (non-hydrogen) atoms. The lowest BCUT2D eigenvalue weighted by atomic mass is 10.1. The highest BCUT2D eigenvalue weighted by Gasteiger charge is 2.14. The molecule has 2 aromatic heterocycles. The number of aromatic nitrogens is 4. The van der Waals surface area contributed by atoms with Gasteiger partial charge in [-0.3, -0.25) is 4.98 Å². The number of nitrogens with zero attached hydrogens (tertiary/aromatic N) is 4. The number of hydrogen-bond acceptors (Lipinski definition) is 5. The molecule has 0 saturated carbocycles. The second-order valence-corrected chi connectivity index (χ2v) is 8.61. The number of hydrogen-bond donors (Lipinski definition) is 0. The first-order valence-corrected chi connectivity index (χ1v) is 12.7. The average Bonchev–Trinajstić information content (AvgIpc) is 2.88. The SMILES string of the molecule is CCCCCCCCCCCCCCOc1nc(-c2ccccn2)nnc1-c1ccccc1. The molecule has 0 fully saturated rings. The highest BCUT2D eigenvalue weighted by Crippen LogP contribution is 2.27. The summed E-state index contributed by atoms with van der Waals surface area (Å²) in [4.78, 5) is 9.00. The maximum absolute atomic E-state index is 6.10. The third-order valence-electron chi connectivity index (χ3n) is 5.83. The summed E-state index contributed by atoms with van der Waals surface area (Å²) in [6.07, 6.45) is 17.6. The summed E-state index contributed by atoms with van der Waals surface area (Å²) < 4.78 is 6.10. The van der Waals surface area contributed by atoms with Gasteiger partial charge in [-0.1, -0.05) is 114 Å². The summed E-state index contributed by atoms with van der Waals surface area (Å²) in [6, 6.07) is 15.6. The van der Waals surface area contributed by atoms with Gasteiger partial charge >= 0.3 is 0 Å². The van der Waals surface area contributed by atoms with E-state index < -0.39 is 0 Å². The van der Waals surface area contributed by atoms with Crippen LogP contribution in [0.5, 0.6) is 5.88 Å². The van der Waals surface area contributed by atoms with Gasteiger partial charge in [0.1, 0.15) is 5.69 Å². The predicted octanol–water partition coefficient (Wildman–Crippen LogP) is 7.68.